The van der Waals surface area contributed by atoms with Gasteiger partial charge in [0.25, 0.3) is 0 Å². The number of carbonyl (C=O) groups excluding carboxylic acids is 1. The molecular formula is C24H29ClN2O5. The summed E-state index contributed by atoms with van der Waals surface area (Å²) in [4.78, 5) is 32.7. The summed E-state index contributed by atoms with van der Waals surface area (Å²) in [5, 5.41) is 10.8. The first kappa shape index (κ1) is 24.0. The standard InChI is InChI=1S/C24H29ClN2O5/c1-23(2,3)32-22(30)27-15-20(26-31-16-17-7-5-4-6-8-17)13-14-24(27,21(28)29)18-9-11-19(25)12-10-18/h4-12,20,26H,13-16H2,1-3H3,(H,28,29)/t20-,24+/m1/s1. The van der Waals surface area contributed by atoms with Gasteiger partial charge >= 0.3 is 12.1 Å². The molecule has 1 heterocycles. The monoisotopic (exact) mass is 460 g/mol. The first-order chi connectivity index (χ1) is 15.1. The van der Waals surface area contributed by atoms with Gasteiger partial charge < -0.3 is 9.84 Å². The number of piperidine rings is 1. The molecule has 0 aromatic heterocycles. The molecule has 1 aliphatic rings. The number of carboxylic acids is 1. The molecule has 1 aliphatic heterocycles. The molecule has 2 aromatic rings. The van der Waals surface area contributed by atoms with Crippen molar-refractivity contribution in [2.75, 3.05) is 6.54 Å². The number of hydroxylamine groups is 1. The molecule has 0 saturated carbocycles. The SMILES string of the molecule is CC(C)(C)OC(=O)N1C[C@H](NOCc2ccccc2)CC[C@@]1(C(=O)O)c1ccc(Cl)cc1. The molecule has 7 nitrogen and oxygen atoms in total. The zero-order valence-electron chi connectivity index (χ0n) is 18.5. The highest BCUT2D eigenvalue weighted by Gasteiger charge is 2.52. The molecule has 1 fully saturated rings. The number of carboxylic acid groups (broad SMARTS) is 1. The summed E-state index contributed by atoms with van der Waals surface area (Å²) in [7, 11) is 0. The summed E-state index contributed by atoms with van der Waals surface area (Å²) >= 11 is 6.01. The largest absolute Gasteiger partial charge is 0.479 e. The molecule has 0 bridgehead atoms. The maximum Gasteiger partial charge on any atom is 0.411 e. The highest BCUT2D eigenvalue weighted by Crippen LogP contribution is 2.39. The van der Waals surface area contributed by atoms with Gasteiger partial charge in [0, 0.05) is 11.6 Å². The van der Waals surface area contributed by atoms with Gasteiger partial charge in [-0.3, -0.25) is 9.74 Å². The third kappa shape index (κ3) is 5.59. The molecule has 2 atom stereocenters. The topological polar surface area (TPSA) is 88.1 Å². The highest BCUT2D eigenvalue weighted by atomic mass is 35.5. The molecule has 0 radical (unpaired) electrons. The minimum atomic E-state index is -1.56. The molecular weight excluding hydrogens is 432 g/mol. The fourth-order valence-electron chi connectivity index (χ4n) is 3.82. The van der Waals surface area contributed by atoms with Crippen LogP contribution in [0.4, 0.5) is 4.79 Å². The Bertz CT molecular complexity index is 930. The molecule has 2 N–H and O–H groups in total. The third-order valence-corrected chi connectivity index (χ3v) is 5.59. The van der Waals surface area contributed by atoms with E-state index in [2.05, 4.69) is 5.48 Å². The van der Waals surface area contributed by atoms with Crippen LogP contribution in [-0.4, -0.2) is 40.3 Å². The van der Waals surface area contributed by atoms with Crippen LogP contribution in [0.5, 0.6) is 0 Å². The van der Waals surface area contributed by atoms with Crippen molar-refractivity contribution in [2.24, 2.45) is 0 Å². The van der Waals surface area contributed by atoms with Gasteiger partial charge in [-0.05, 0) is 56.9 Å². The van der Waals surface area contributed by atoms with Gasteiger partial charge in [0.05, 0.1) is 12.6 Å². The predicted molar refractivity (Wildman–Crippen MR) is 121 cm³/mol. The Kier molecular flexibility index (Phi) is 7.44. The van der Waals surface area contributed by atoms with Crippen LogP contribution in [0.25, 0.3) is 0 Å². The van der Waals surface area contributed by atoms with Gasteiger partial charge in [0.2, 0.25) is 0 Å². The number of nitrogens with zero attached hydrogens (tertiary/aromatic N) is 1. The minimum absolute atomic E-state index is 0.110. The quantitative estimate of drug-likeness (QED) is 0.605. The van der Waals surface area contributed by atoms with Gasteiger partial charge in [0.15, 0.2) is 5.54 Å². The summed E-state index contributed by atoms with van der Waals surface area (Å²) in [5.41, 5.74) is 2.13. The number of nitrogens with one attached hydrogen (secondary N) is 1. The molecule has 0 aliphatic carbocycles. The number of hydrogen-bond donors (Lipinski definition) is 2. The smallest absolute Gasteiger partial charge is 0.411 e. The van der Waals surface area contributed by atoms with Crippen LogP contribution < -0.4 is 5.48 Å². The second-order valence-corrected chi connectivity index (χ2v) is 9.33. The fraction of sp³-hybridized carbons (Fsp3) is 0.417. The van der Waals surface area contributed by atoms with E-state index in [0.717, 1.165) is 5.56 Å². The Morgan fingerprint density at radius 1 is 1.16 bits per heavy atom. The summed E-state index contributed by atoms with van der Waals surface area (Å²) < 4.78 is 5.58. The number of benzene rings is 2. The number of halogens is 1. The molecule has 2 aromatic carbocycles. The van der Waals surface area contributed by atoms with Crippen LogP contribution in [0.3, 0.4) is 0 Å². The lowest BCUT2D eigenvalue weighted by atomic mass is 9.79. The summed E-state index contributed by atoms with van der Waals surface area (Å²) in [5.74, 6) is -1.12. The number of ether oxygens (including phenoxy) is 1. The van der Waals surface area contributed by atoms with Crippen LogP contribution in [0.1, 0.15) is 44.7 Å². The van der Waals surface area contributed by atoms with E-state index in [9.17, 15) is 14.7 Å². The van der Waals surface area contributed by atoms with Gasteiger partial charge in [-0.1, -0.05) is 54.1 Å². The molecule has 0 spiro atoms. The average Bonchev–Trinajstić information content (AvgIpc) is 2.74. The average molecular weight is 461 g/mol. The van der Waals surface area contributed by atoms with E-state index >= 15 is 0 Å². The van der Waals surface area contributed by atoms with Crippen LogP contribution in [0.15, 0.2) is 54.6 Å². The normalized spacial score (nSPS) is 21.2. The maximum atomic E-state index is 13.2. The Hall–Kier alpha value is -2.61. The van der Waals surface area contributed by atoms with Crippen molar-refractivity contribution in [3.8, 4) is 0 Å². The van der Waals surface area contributed by atoms with E-state index in [4.69, 9.17) is 21.2 Å². The van der Waals surface area contributed by atoms with E-state index in [-0.39, 0.29) is 19.0 Å². The van der Waals surface area contributed by atoms with Gasteiger partial charge in [-0.15, -0.1) is 0 Å². The lowest BCUT2D eigenvalue weighted by molar-refractivity contribution is -0.157. The zero-order valence-corrected chi connectivity index (χ0v) is 19.3. The number of carbonyl (C=O) groups is 2. The number of amides is 1. The van der Waals surface area contributed by atoms with Crippen molar-refractivity contribution in [3.05, 3.63) is 70.7 Å². The lowest BCUT2D eigenvalue weighted by Crippen LogP contribution is -2.62. The van der Waals surface area contributed by atoms with Crippen LogP contribution >= 0.6 is 11.6 Å². The Balaban J connectivity index is 1.84. The van der Waals surface area contributed by atoms with E-state index in [1.54, 1.807) is 45.0 Å². The van der Waals surface area contributed by atoms with Crippen molar-refractivity contribution in [3.63, 3.8) is 0 Å². The number of aliphatic carboxylic acids is 1. The molecule has 1 amide bonds. The minimum Gasteiger partial charge on any atom is -0.479 e. The van der Waals surface area contributed by atoms with Crippen molar-refractivity contribution in [2.45, 2.75) is 57.4 Å². The fourth-order valence-corrected chi connectivity index (χ4v) is 3.94. The highest BCUT2D eigenvalue weighted by molar-refractivity contribution is 6.30. The van der Waals surface area contributed by atoms with Crippen molar-refractivity contribution >= 4 is 23.7 Å². The van der Waals surface area contributed by atoms with Crippen LogP contribution in [-0.2, 0) is 26.5 Å². The molecule has 0 unspecified atom stereocenters. The Morgan fingerprint density at radius 3 is 2.41 bits per heavy atom. The maximum absolute atomic E-state index is 13.2. The summed E-state index contributed by atoms with van der Waals surface area (Å²) in [6, 6.07) is 16.0. The lowest BCUT2D eigenvalue weighted by Gasteiger charge is -2.46. The second-order valence-electron chi connectivity index (χ2n) is 8.89. The number of hydrogen-bond acceptors (Lipinski definition) is 5. The predicted octanol–water partition coefficient (Wildman–Crippen LogP) is 4.74. The first-order valence-corrected chi connectivity index (χ1v) is 10.9. The first-order valence-electron chi connectivity index (χ1n) is 10.5. The van der Waals surface area contributed by atoms with Crippen molar-refractivity contribution in [1.29, 1.82) is 0 Å². The van der Waals surface area contributed by atoms with E-state index in [1.807, 2.05) is 30.3 Å². The number of likely N-dealkylation sites (tertiary alicyclic amines) is 1. The van der Waals surface area contributed by atoms with E-state index in [0.29, 0.717) is 23.6 Å². The van der Waals surface area contributed by atoms with Crippen LogP contribution in [0.2, 0.25) is 5.02 Å². The van der Waals surface area contributed by atoms with Crippen LogP contribution in [0, 0.1) is 0 Å². The van der Waals surface area contributed by atoms with Crippen molar-refractivity contribution < 1.29 is 24.3 Å². The Morgan fingerprint density at radius 2 is 1.81 bits per heavy atom. The van der Waals surface area contributed by atoms with Crippen molar-refractivity contribution in [1.82, 2.24) is 10.4 Å². The summed E-state index contributed by atoms with van der Waals surface area (Å²) in [6.07, 6.45) is -0.0112. The summed E-state index contributed by atoms with van der Waals surface area (Å²) in [6.45, 7) is 5.71. The van der Waals surface area contributed by atoms with E-state index < -0.39 is 23.2 Å². The molecule has 1 saturated heterocycles. The van der Waals surface area contributed by atoms with Gasteiger partial charge in [0.1, 0.15) is 5.60 Å². The molecule has 32 heavy (non-hydrogen) atoms. The second kappa shape index (κ2) is 9.90. The molecule has 3 rings (SSSR count). The molecule has 172 valence electrons. The Labute approximate surface area is 193 Å². The van der Waals surface area contributed by atoms with Gasteiger partial charge in [-0.25, -0.2) is 9.59 Å². The van der Waals surface area contributed by atoms with E-state index in [1.165, 1.54) is 4.90 Å². The number of rotatable bonds is 6. The zero-order chi connectivity index (χ0) is 23.4. The molecule has 8 heteroatoms. The third-order valence-electron chi connectivity index (χ3n) is 5.34. The van der Waals surface area contributed by atoms with Gasteiger partial charge in [-0.2, -0.15) is 5.48 Å².